The highest BCUT2D eigenvalue weighted by atomic mass is 16.6. The van der Waals surface area contributed by atoms with E-state index in [1.807, 2.05) is 54.8 Å². The van der Waals surface area contributed by atoms with Crippen LogP contribution in [0.4, 0.5) is 11.4 Å². The number of carbonyl (C=O) groups is 1. The Morgan fingerprint density at radius 2 is 1.71 bits per heavy atom. The minimum absolute atomic E-state index is 0.0141. The second-order valence-electron chi connectivity index (χ2n) is 6.41. The van der Waals surface area contributed by atoms with Crippen LogP contribution in [-0.4, -0.2) is 28.5 Å². The van der Waals surface area contributed by atoms with Crippen LogP contribution in [0.15, 0.2) is 60.7 Å². The lowest BCUT2D eigenvalue weighted by molar-refractivity contribution is -0.384. The maximum atomic E-state index is 12.6. The number of benzene rings is 2. The van der Waals surface area contributed by atoms with E-state index in [0.717, 1.165) is 17.1 Å². The zero-order valence-corrected chi connectivity index (χ0v) is 15.8. The van der Waals surface area contributed by atoms with Gasteiger partial charge in [-0.3, -0.25) is 14.9 Å². The van der Waals surface area contributed by atoms with Crippen LogP contribution in [0.2, 0.25) is 0 Å². The molecule has 0 saturated heterocycles. The van der Waals surface area contributed by atoms with Crippen molar-refractivity contribution in [2.24, 2.45) is 0 Å². The largest absolute Gasteiger partial charge is 0.378 e. The Morgan fingerprint density at radius 1 is 1.04 bits per heavy atom. The highest BCUT2D eigenvalue weighted by molar-refractivity contribution is 5.96. The van der Waals surface area contributed by atoms with E-state index < -0.39 is 4.92 Å². The predicted octanol–water partition coefficient (Wildman–Crippen LogP) is 3.84. The summed E-state index contributed by atoms with van der Waals surface area (Å²) >= 11 is 0. The van der Waals surface area contributed by atoms with Gasteiger partial charge in [0.25, 0.3) is 11.6 Å². The van der Waals surface area contributed by atoms with Gasteiger partial charge in [-0.25, -0.2) is 0 Å². The number of anilines is 1. The van der Waals surface area contributed by atoms with Crippen molar-refractivity contribution in [3.8, 4) is 5.69 Å². The van der Waals surface area contributed by atoms with E-state index in [1.54, 1.807) is 18.2 Å². The zero-order chi connectivity index (χ0) is 20.1. The molecule has 1 amide bonds. The number of nitro benzene ring substituents is 1. The van der Waals surface area contributed by atoms with Crippen molar-refractivity contribution in [1.29, 1.82) is 0 Å². The molecule has 28 heavy (non-hydrogen) atoms. The van der Waals surface area contributed by atoms with Crippen molar-refractivity contribution in [3.63, 3.8) is 0 Å². The molecule has 0 atom stereocenters. The third kappa shape index (κ3) is 4.03. The summed E-state index contributed by atoms with van der Waals surface area (Å²) < 4.78 is 2.04. The van der Waals surface area contributed by atoms with Gasteiger partial charge in [0.2, 0.25) is 0 Å². The van der Waals surface area contributed by atoms with Crippen LogP contribution in [0.1, 0.15) is 21.7 Å². The summed E-state index contributed by atoms with van der Waals surface area (Å²) in [5.41, 5.74) is 3.92. The van der Waals surface area contributed by atoms with Crippen LogP contribution in [0, 0.1) is 24.0 Å². The molecule has 7 nitrogen and oxygen atoms in total. The average Bonchev–Trinajstić information content (AvgIpc) is 3.00. The molecule has 7 heteroatoms. The maximum absolute atomic E-state index is 12.6. The Hall–Kier alpha value is -3.61. The molecule has 0 aliphatic rings. The minimum atomic E-state index is -0.431. The molecular weight excluding hydrogens is 356 g/mol. The molecule has 0 aliphatic carbocycles. The summed E-state index contributed by atoms with van der Waals surface area (Å²) in [5.74, 6) is -0.167. The number of rotatable bonds is 7. The fourth-order valence-corrected chi connectivity index (χ4v) is 3.22. The number of para-hydroxylation sites is 3. The molecule has 2 N–H and O–H groups in total. The average molecular weight is 378 g/mol. The number of aromatic nitrogens is 1. The van der Waals surface area contributed by atoms with Crippen molar-refractivity contribution in [2.75, 3.05) is 18.4 Å². The quantitative estimate of drug-likeness (QED) is 0.371. The van der Waals surface area contributed by atoms with Crippen LogP contribution < -0.4 is 10.6 Å². The van der Waals surface area contributed by atoms with Gasteiger partial charge in [0.15, 0.2) is 0 Å². The Balaban J connectivity index is 1.63. The number of hydrogen-bond acceptors (Lipinski definition) is 4. The molecule has 2 aromatic carbocycles. The smallest absolute Gasteiger partial charge is 0.292 e. The van der Waals surface area contributed by atoms with E-state index >= 15 is 0 Å². The predicted molar refractivity (Wildman–Crippen MR) is 109 cm³/mol. The molecular formula is C21H22N4O3. The van der Waals surface area contributed by atoms with Gasteiger partial charge in [0.05, 0.1) is 10.5 Å². The molecule has 1 heterocycles. The van der Waals surface area contributed by atoms with Gasteiger partial charge in [-0.1, -0.05) is 30.3 Å². The van der Waals surface area contributed by atoms with E-state index in [2.05, 4.69) is 10.6 Å². The standard InChI is InChI=1S/C21H22N4O3/c1-15-14-18(16(2)24(15)17-8-4-3-5-9-17)21(26)23-13-12-22-19-10-6-7-11-20(19)25(27)28/h3-11,14,22H,12-13H2,1-2H3,(H,23,26). The molecule has 0 bridgehead atoms. The topological polar surface area (TPSA) is 89.2 Å². The molecule has 0 saturated carbocycles. The summed E-state index contributed by atoms with van der Waals surface area (Å²) in [6.45, 7) is 4.61. The Bertz CT molecular complexity index is 996. The summed E-state index contributed by atoms with van der Waals surface area (Å²) in [4.78, 5) is 23.2. The highest BCUT2D eigenvalue weighted by Crippen LogP contribution is 2.23. The third-order valence-electron chi connectivity index (χ3n) is 4.52. The van der Waals surface area contributed by atoms with Gasteiger partial charge in [-0.2, -0.15) is 0 Å². The molecule has 144 valence electrons. The summed E-state index contributed by atoms with van der Waals surface area (Å²) in [7, 11) is 0. The van der Waals surface area contributed by atoms with E-state index in [-0.39, 0.29) is 11.6 Å². The van der Waals surface area contributed by atoms with Crippen LogP contribution in [0.25, 0.3) is 5.69 Å². The van der Waals surface area contributed by atoms with E-state index in [9.17, 15) is 14.9 Å². The first-order chi connectivity index (χ1) is 13.5. The number of hydrogen-bond donors (Lipinski definition) is 2. The first kappa shape index (κ1) is 19.2. The van der Waals surface area contributed by atoms with Crippen molar-refractivity contribution >= 4 is 17.3 Å². The summed E-state index contributed by atoms with van der Waals surface area (Å²) in [6.07, 6.45) is 0. The van der Waals surface area contributed by atoms with Gasteiger partial charge in [-0.05, 0) is 38.1 Å². The monoisotopic (exact) mass is 378 g/mol. The highest BCUT2D eigenvalue weighted by Gasteiger charge is 2.16. The van der Waals surface area contributed by atoms with Crippen molar-refractivity contribution in [2.45, 2.75) is 13.8 Å². The number of amides is 1. The van der Waals surface area contributed by atoms with Gasteiger partial charge >= 0.3 is 0 Å². The first-order valence-corrected chi connectivity index (χ1v) is 8.99. The maximum Gasteiger partial charge on any atom is 0.292 e. The summed E-state index contributed by atoms with van der Waals surface area (Å²) in [5, 5.41) is 16.9. The van der Waals surface area contributed by atoms with E-state index in [0.29, 0.717) is 24.3 Å². The van der Waals surface area contributed by atoms with E-state index in [1.165, 1.54) is 6.07 Å². The third-order valence-corrected chi connectivity index (χ3v) is 4.52. The van der Waals surface area contributed by atoms with Crippen LogP contribution in [-0.2, 0) is 0 Å². The van der Waals surface area contributed by atoms with Crippen molar-refractivity contribution in [1.82, 2.24) is 9.88 Å². The number of aryl methyl sites for hydroxylation is 1. The summed E-state index contributed by atoms with van der Waals surface area (Å²) in [6, 6.07) is 18.2. The Kier molecular flexibility index (Phi) is 5.74. The fourth-order valence-electron chi connectivity index (χ4n) is 3.22. The van der Waals surface area contributed by atoms with Gasteiger partial charge in [0.1, 0.15) is 5.69 Å². The Labute approximate surface area is 163 Å². The van der Waals surface area contributed by atoms with Crippen LogP contribution in [0.5, 0.6) is 0 Å². The number of nitrogens with one attached hydrogen (secondary N) is 2. The molecule has 0 spiro atoms. The normalized spacial score (nSPS) is 10.5. The number of nitrogens with zero attached hydrogens (tertiary/aromatic N) is 2. The second kappa shape index (κ2) is 8.39. The van der Waals surface area contributed by atoms with Gasteiger partial charge < -0.3 is 15.2 Å². The zero-order valence-electron chi connectivity index (χ0n) is 15.8. The lowest BCUT2D eigenvalue weighted by Gasteiger charge is -2.10. The van der Waals surface area contributed by atoms with Gasteiger partial charge in [0, 0.05) is 36.2 Å². The molecule has 0 radical (unpaired) electrons. The fraction of sp³-hybridized carbons (Fsp3) is 0.190. The molecule has 3 aromatic rings. The molecule has 3 rings (SSSR count). The van der Waals surface area contributed by atoms with Gasteiger partial charge in [-0.15, -0.1) is 0 Å². The van der Waals surface area contributed by atoms with Crippen molar-refractivity contribution < 1.29 is 9.72 Å². The first-order valence-electron chi connectivity index (χ1n) is 8.99. The number of carbonyl (C=O) groups excluding carboxylic acids is 1. The SMILES string of the molecule is Cc1cc(C(=O)NCCNc2ccccc2[N+](=O)[O-])c(C)n1-c1ccccc1. The molecule has 0 aliphatic heterocycles. The molecule has 0 fully saturated rings. The minimum Gasteiger partial charge on any atom is -0.378 e. The Morgan fingerprint density at radius 3 is 2.43 bits per heavy atom. The van der Waals surface area contributed by atoms with Crippen molar-refractivity contribution in [3.05, 3.63) is 87.7 Å². The van der Waals surface area contributed by atoms with E-state index in [4.69, 9.17) is 0 Å². The second-order valence-corrected chi connectivity index (χ2v) is 6.41. The lowest BCUT2D eigenvalue weighted by atomic mass is 10.2. The lowest BCUT2D eigenvalue weighted by Crippen LogP contribution is -2.29. The molecule has 1 aromatic heterocycles. The number of nitro groups is 1. The van der Waals surface area contributed by atoms with Crippen LogP contribution in [0.3, 0.4) is 0 Å². The molecule has 0 unspecified atom stereocenters. The van der Waals surface area contributed by atoms with Crippen LogP contribution >= 0.6 is 0 Å².